The molecule has 2 N–H and O–H groups in total. The maximum atomic E-state index is 12.7. The monoisotopic (exact) mass is 250 g/mol. The number of carbonyl (C=O) groups is 1. The maximum absolute atomic E-state index is 12.7. The molecule has 0 unspecified atom stereocenters. The van der Waals surface area contributed by atoms with E-state index in [2.05, 4.69) is 19.9 Å². The highest BCUT2D eigenvalue weighted by molar-refractivity contribution is 5.83. The van der Waals surface area contributed by atoms with Crippen molar-refractivity contribution in [1.29, 1.82) is 0 Å². The van der Waals surface area contributed by atoms with E-state index in [9.17, 15) is 4.79 Å². The van der Waals surface area contributed by atoms with Crippen LogP contribution in [0.1, 0.15) is 46.0 Å². The Balaban J connectivity index is 2.06. The van der Waals surface area contributed by atoms with E-state index < -0.39 is 0 Å². The minimum Gasteiger partial charge on any atom is -0.338 e. The first-order valence-corrected chi connectivity index (χ1v) is 7.22. The van der Waals surface area contributed by atoms with E-state index in [-0.39, 0.29) is 5.41 Å². The third-order valence-corrected chi connectivity index (χ3v) is 4.80. The first kappa shape index (κ1) is 13.6. The predicted molar refractivity (Wildman–Crippen MR) is 74.1 cm³/mol. The van der Waals surface area contributed by atoms with Crippen molar-refractivity contribution >= 4 is 5.91 Å². The summed E-state index contributed by atoms with van der Waals surface area (Å²) in [5, 5.41) is 0. The van der Waals surface area contributed by atoms with Gasteiger partial charge < -0.3 is 10.6 Å². The highest BCUT2D eigenvalue weighted by Gasteiger charge is 2.42. The maximum Gasteiger partial charge on any atom is 0.230 e. The van der Waals surface area contributed by atoms with E-state index in [1.807, 2.05) is 4.90 Å². The van der Waals surface area contributed by atoms with Crippen molar-refractivity contribution in [3.63, 3.8) is 0 Å². The summed E-state index contributed by atoms with van der Waals surface area (Å²) >= 11 is 0. The van der Waals surface area contributed by atoms with Crippen molar-refractivity contribution in [2.75, 3.05) is 19.6 Å². The molecule has 2 rings (SSSR count). The van der Waals surface area contributed by atoms with Crippen LogP contribution in [0.2, 0.25) is 0 Å². The minimum atomic E-state index is -0.258. The summed E-state index contributed by atoms with van der Waals surface area (Å²) in [5.41, 5.74) is 7.10. The number of nitrogens with two attached hydrogens (primary N) is 1. The number of nitrogens with zero attached hydrogens (tertiary/aromatic N) is 1. The van der Waals surface area contributed by atoms with Crippen LogP contribution in [0, 0.1) is 11.3 Å². The average Bonchev–Trinajstić information content (AvgIpc) is 2.40. The molecule has 3 nitrogen and oxygen atoms in total. The SMILES string of the molecule is CC1=CCN(C(=O)C2(CN)CCC(C)CC2)CC1. The zero-order valence-electron chi connectivity index (χ0n) is 11.7. The zero-order chi connectivity index (χ0) is 13.2. The molecule has 1 saturated carbocycles. The van der Waals surface area contributed by atoms with Crippen molar-refractivity contribution in [3.8, 4) is 0 Å². The third kappa shape index (κ3) is 2.61. The van der Waals surface area contributed by atoms with E-state index in [0.717, 1.165) is 51.1 Å². The van der Waals surface area contributed by atoms with Gasteiger partial charge in [0, 0.05) is 19.6 Å². The van der Waals surface area contributed by atoms with Gasteiger partial charge in [0.1, 0.15) is 0 Å². The lowest BCUT2D eigenvalue weighted by molar-refractivity contribution is -0.143. The van der Waals surface area contributed by atoms with Crippen molar-refractivity contribution in [1.82, 2.24) is 4.90 Å². The molecule has 1 fully saturated rings. The third-order valence-electron chi connectivity index (χ3n) is 4.80. The number of carbonyl (C=O) groups excluding carboxylic acids is 1. The zero-order valence-corrected chi connectivity index (χ0v) is 11.7. The fourth-order valence-electron chi connectivity index (χ4n) is 3.11. The van der Waals surface area contributed by atoms with Gasteiger partial charge in [-0.25, -0.2) is 0 Å². The number of hydrogen-bond acceptors (Lipinski definition) is 2. The van der Waals surface area contributed by atoms with Gasteiger partial charge in [-0.15, -0.1) is 0 Å². The molecular weight excluding hydrogens is 224 g/mol. The lowest BCUT2D eigenvalue weighted by atomic mass is 9.70. The Morgan fingerprint density at radius 1 is 1.50 bits per heavy atom. The molecule has 1 aliphatic heterocycles. The fourth-order valence-corrected chi connectivity index (χ4v) is 3.11. The second-order valence-electron chi connectivity index (χ2n) is 6.22. The molecule has 1 heterocycles. The summed E-state index contributed by atoms with van der Waals surface area (Å²) < 4.78 is 0. The molecule has 0 saturated heterocycles. The quantitative estimate of drug-likeness (QED) is 0.765. The van der Waals surface area contributed by atoms with Crippen LogP contribution in [0.3, 0.4) is 0 Å². The molecule has 1 aliphatic carbocycles. The van der Waals surface area contributed by atoms with Gasteiger partial charge in [0.2, 0.25) is 5.91 Å². The fraction of sp³-hybridized carbons (Fsp3) is 0.800. The standard InChI is InChI=1S/C15H26N2O/c1-12-3-7-15(11-16,8-4-12)14(18)17-9-5-13(2)6-10-17/h5,12H,3-4,6-11,16H2,1-2H3. The van der Waals surface area contributed by atoms with E-state index in [0.29, 0.717) is 12.5 Å². The Bertz CT molecular complexity index is 340. The van der Waals surface area contributed by atoms with Crippen molar-refractivity contribution in [2.45, 2.75) is 46.0 Å². The molecule has 2 aliphatic rings. The van der Waals surface area contributed by atoms with Crippen LogP contribution in [0.25, 0.3) is 0 Å². The van der Waals surface area contributed by atoms with Crippen molar-refractivity contribution in [3.05, 3.63) is 11.6 Å². The summed E-state index contributed by atoms with van der Waals surface area (Å²) in [5.74, 6) is 1.06. The molecule has 102 valence electrons. The van der Waals surface area contributed by atoms with E-state index in [4.69, 9.17) is 5.73 Å². The topological polar surface area (TPSA) is 46.3 Å². The average molecular weight is 250 g/mol. The van der Waals surface area contributed by atoms with E-state index >= 15 is 0 Å². The molecule has 0 radical (unpaired) electrons. The molecule has 1 amide bonds. The Labute approximate surface area is 110 Å². The summed E-state index contributed by atoms with van der Waals surface area (Å²) in [4.78, 5) is 14.7. The van der Waals surface area contributed by atoms with Crippen LogP contribution >= 0.6 is 0 Å². The second kappa shape index (κ2) is 5.43. The van der Waals surface area contributed by atoms with Gasteiger partial charge in [-0.1, -0.05) is 18.6 Å². The normalized spacial score (nSPS) is 33.2. The summed E-state index contributed by atoms with van der Waals surface area (Å²) in [6.07, 6.45) is 7.43. The van der Waals surface area contributed by atoms with Crippen molar-refractivity contribution in [2.24, 2.45) is 17.1 Å². The van der Waals surface area contributed by atoms with Crippen molar-refractivity contribution < 1.29 is 4.79 Å². The lowest BCUT2D eigenvalue weighted by Crippen LogP contribution is -2.50. The minimum absolute atomic E-state index is 0.258. The van der Waals surface area contributed by atoms with Crippen LogP contribution in [-0.2, 0) is 4.79 Å². The summed E-state index contributed by atoms with van der Waals surface area (Å²) in [6, 6.07) is 0. The Morgan fingerprint density at radius 2 is 2.17 bits per heavy atom. The van der Waals surface area contributed by atoms with Gasteiger partial charge in [0.25, 0.3) is 0 Å². The molecule has 0 bridgehead atoms. The van der Waals surface area contributed by atoms with Gasteiger partial charge in [-0.3, -0.25) is 4.79 Å². The Morgan fingerprint density at radius 3 is 2.67 bits per heavy atom. The number of rotatable bonds is 2. The molecule has 0 aromatic heterocycles. The first-order valence-electron chi connectivity index (χ1n) is 7.22. The molecule has 0 spiro atoms. The number of hydrogen-bond donors (Lipinski definition) is 1. The van der Waals surface area contributed by atoms with Gasteiger partial charge >= 0.3 is 0 Å². The predicted octanol–water partition coefficient (Wildman–Crippen LogP) is 2.32. The van der Waals surface area contributed by atoms with Gasteiger partial charge in [0.15, 0.2) is 0 Å². The van der Waals surface area contributed by atoms with Crippen LogP contribution in [-0.4, -0.2) is 30.4 Å². The van der Waals surface area contributed by atoms with Gasteiger partial charge in [-0.05, 0) is 44.9 Å². The Hall–Kier alpha value is -0.830. The molecule has 0 atom stereocenters. The van der Waals surface area contributed by atoms with Gasteiger partial charge in [-0.2, -0.15) is 0 Å². The molecule has 0 aromatic rings. The largest absolute Gasteiger partial charge is 0.338 e. The van der Waals surface area contributed by atoms with Crippen LogP contribution < -0.4 is 5.73 Å². The molecule has 3 heteroatoms. The first-order chi connectivity index (χ1) is 8.57. The van der Waals surface area contributed by atoms with Crippen LogP contribution in [0.5, 0.6) is 0 Å². The summed E-state index contributed by atoms with van der Waals surface area (Å²) in [6.45, 7) is 6.58. The van der Waals surface area contributed by atoms with Gasteiger partial charge in [0.05, 0.1) is 5.41 Å². The highest BCUT2D eigenvalue weighted by Crippen LogP contribution is 2.39. The highest BCUT2D eigenvalue weighted by atomic mass is 16.2. The summed E-state index contributed by atoms with van der Waals surface area (Å²) in [7, 11) is 0. The van der Waals surface area contributed by atoms with Crippen LogP contribution in [0.15, 0.2) is 11.6 Å². The molecule has 0 aromatic carbocycles. The Kier molecular flexibility index (Phi) is 4.10. The smallest absolute Gasteiger partial charge is 0.230 e. The molecule has 18 heavy (non-hydrogen) atoms. The second-order valence-corrected chi connectivity index (χ2v) is 6.22. The number of amides is 1. The van der Waals surface area contributed by atoms with E-state index in [1.165, 1.54) is 5.57 Å². The molecular formula is C15H26N2O. The van der Waals surface area contributed by atoms with Crippen LogP contribution in [0.4, 0.5) is 0 Å². The lowest BCUT2D eigenvalue weighted by Gasteiger charge is -2.41. The van der Waals surface area contributed by atoms with E-state index in [1.54, 1.807) is 0 Å².